The number of nitrogens with two attached hydrogens (primary N) is 1. The second-order valence-electron chi connectivity index (χ2n) is 15.9. The third-order valence-corrected chi connectivity index (χ3v) is 11.1. The highest BCUT2D eigenvalue weighted by Crippen LogP contribution is 2.30. The Kier molecular flexibility index (Phi) is 18.2. The van der Waals surface area contributed by atoms with Crippen LogP contribution in [0.25, 0.3) is 0 Å². The molecule has 1 fully saturated rings. The first-order valence-corrected chi connectivity index (χ1v) is 19.2. The Balaban J connectivity index is 2.25. The fourth-order valence-electron chi connectivity index (χ4n) is 7.83. The van der Waals surface area contributed by atoms with Crippen molar-refractivity contribution < 1.29 is 33.8 Å². The fourth-order valence-corrected chi connectivity index (χ4v) is 7.83. The predicted molar refractivity (Wildman–Crippen MR) is 209 cm³/mol. The molecule has 1 aromatic carbocycles. The number of rotatable bonds is 20. The molecule has 0 aromatic heterocycles. The van der Waals surface area contributed by atoms with Crippen LogP contribution in [0.4, 0.5) is 5.69 Å². The summed E-state index contributed by atoms with van der Waals surface area (Å²) in [7, 11) is 8.55. The predicted octanol–water partition coefficient (Wildman–Crippen LogP) is 3.45. The van der Waals surface area contributed by atoms with Crippen molar-refractivity contribution in [2.24, 2.45) is 23.7 Å². The van der Waals surface area contributed by atoms with Crippen molar-refractivity contribution in [3.63, 3.8) is 0 Å². The zero-order chi connectivity index (χ0) is 40.3. The normalized spacial score (nSPS) is 19.9. The summed E-state index contributed by atoms with van der Waals surface area (Å²) in [6.07, 6.45) is 0.0214. The zero-order valence-electron chi connectivity index (χ0n) is 34.6. The molecule has 1 heterocycles. The lowest BCUT2D eigenvalue weighted by molar-refractivity contribution is -0.148. The lowest BCUT2D eigenvalue weighted by Crippen LogP contribution is -2.59. The average molecular weight is 747 g/mol. The number of carbonyl (C=O) groups is 4. The molecule has 1 saturated heterocycles. The molecule has 0 radical (unpaired) electrons. The topological polar surface area (TPSA) is 167 Å². The number of amides is 4. The molecular weight excluding hydrogens is 676 g/mol. The summed E-state index contributed by atoms with van der Waals surface area (Å²) in [4.78, 5) is 60.6. The minimum atomic E-state index is -0.936. The Morgan fingerprint density at radius 3 is 2.02 bits per heavy atom. The molecule has 0 bridgehead atoms. The maximum absolute atomic E-state index is 14.2. The molecule has 0 spiro atoms. The molecule has 2 rings (SSSR count). The van der Waals surface area contributed by atoms with Crippen LogP contribution in [0.3, 0.4) is 0 Å². The highest BCUT2D eigenvalue weighted by molar-refractivity contribution is 5.90. The van der Waals surface area contributed by atoms with E-state index in [1.165, 1.54) is 0 Å². The molecule has 302 valence electrons. The van der Waals surface area contributed by atoms with E-state index in [-0.39, 0.29) is 53.8 Å². The van der Waals surface area contributed by atoms with E-state index in [0.29, 0.717) is 24.2 Å². The SMILES string of the molecule is CCC(C)C([C@@H](CC(=O)N1CCC[C@H]1[C@H](OC)[C@@H](C)C(=O)N[C@H](C)[C@@H](O)c1ccc(N)cc1)OC)N(C)C(=O)[C@@H](NC(=O)C(C(C)C)N(C)C)C(C)C. The number of likely N-dealkylation sites (N-methyl/N-ethyl adjacent to an activating group) is 2. The summed E-state index contributed by atoms with van der Waals surface area (Å²) in [6, 6.07) is 4.32. The molecule has 0 aliphatic carbocycles. The number of nitrogens with one attached hydrogen (secondary N) is 2. The van der Waals surface area contributed by atoms with Crippen molar-refractivity contribution in [1.29, 1.82) is 0 Å². The van der Waals surface area contributed by atoms with E-state index < -0.39 is 48.4 Å². The van der Waals surface area contributed by atoms with E-state index in [2.05, 4.69) is 10.6 Å². The molecule has 53 heavy (non-hydrogen) atoms. The minimum absolute atomic E-state index is 0.0224. The number of nitrogens with zero attached hydrogens (tertiary/aromatic N) is 3. The fraction of sp³-hybridized carbons (Fsp3) is 0.750. The van der Waals surface area contributed by atoms with Gasteiger partial charge in [-0.25, -0.2) is 0 Å². The monoisotopic (exact) mass is 747 g/mol. The molecule has 1 aliphatic heterocycles. The third kappa shape index (κ3) is 11.9. The largest absolute Gasteiger partial charge is 0.399 e. The van der Waals surface area contributed by atoms with Gasteiger partial charge >= 0.3 is 0 Å². The summed E-state index contributed by atoms with van der Waals surface area (Å²) >= 11 is 0. The Bertz CT molecular complexity index is 1320. The van der Waals surface area contributed by atoms with E-state index >= 15 is 0 Å². The van der Waals surface area contributed by atoms with Crippen molar-refractivity contribution in [2.45, 2.75) is 130 Å². The van der Waals surface area contributed by atoms with Crippen LogP contribution in [-0.2, 0) is 28.7 Å². The number of likely N-dealkylation sites (tertiary alicyclic amines) is 1. The molecule has 10 atom stereocenters. The van der Waals surface area contributed by atoms with E-state index in [4.69, 9.17) is 15.2 Å². The first kappa shape index (κ1) is 45.9. The number of nitrogen functional groups attached to an aromatic ring is 1. The van der Waals surface area contributed by atoms with Gasteiger partial charge in [0.25, 0.3) is 0 Å². The Labute approximate surface area is 318 Å². The van der Waals surface area contributed by atoms with Gasteiger partial charge in [-0.1, -0.05) is 67.0 Å². The molecule has 4 amide bonds. The maximum Gasteiger partial charge on any atom is 0.245 e. The van der Waals surface area contributed by atoms with Crippen LogP contribution in [0.1, 0.15) is 92.7 Å². The van der Waals surface area contributed by atoms with Gasteiger partial charge in [-0.15, -0.1) is 0 Å². The van der Waals surface area contributed by atoms with Crippen molar-refractivity contribution in [1.82, 2.24) is 25.3 Å². The van der Waals surface area contributed by atoms with Gasteiger partial charge in [0, 0.05) is 33.5 Å². The van der Waals surface area contributed by atoms with Gasteiger partial charge in [0.15, 0.2) is 0 Å². The summed E-state index contributed by atoms with van der Waals surface area (Å²) in [5.41, 5.74) is 7.01. The molecular formula is C40H70N6O7. The molecule has 5 N–H and O–H groups in total. The average Bonchev–Trinajstić information content (AvgIpc) is 3.59. The molecule has 3 unspecified atom stereocenters. The lowest BCUT2D eigenvalue weighted by Gasteiger charge is -2.41. The quantitative estimate of drug-likeness (QED) is 0.146. The minimum Gasteiger partial charge on any atom is -0.399 e. The number of carbonyl (C=O) groups excluding carboxylic acids is 4. The van der Waals surface area contributed by atoms with Crippen molar-refractivity contribution in [3.8, 4) is 0 Å². The lowest BCUT2D eigenvalue weighted by atomic mass is 9.89. The number of methoxy groups -OCH3 is 2. The van der Waals surface area contributed by atoms with Crippen molar-refractivity contribution >= 4 is 29.3 Å². The first-order chi connectivity index (χ1) is 24.8. The van der Waals surface area contributed by atoms with Crippen LogP contribution in [0.15, 0.2) is 24.3 Å². The number of hydrogen-bond donors (Lipinski definition) is 4. The first-order valence-electron chi connectivity index (χ1n) is 19.2. The highest BCUT2D eigenvalue weighted by atomic mass is 16.5. The van der Waals surface area contributed by atoms with Crippen LogP contribution in [-0.4, -0.2) is 128 Å². The second-order valence-corrected chi connectivity index (χ2v) is 15.9. The van der Waals surface area contributed by atoms with Gasteiger partial charge in [0.1, 0.15) is 6.04 Å². The Morgan fingerprint density at radius 2 is 1.53 bits per heavy atom. The van der Waals surface area contributed by atoms with Crippen LogP contribution in [0.2, 0.25) is 0 Å². The van der Waals surface area contributed by atoms with Crippen molar-refractivity contribution in [2.75, 3.05) is 47.6 Å². The Morgan fingerprint density at radius 1 is 0.925 bits per heavy atom. The van der Waals surface area contributed by atoms with Gasteiger partial charge < -0.3 is 40.7 Å². The number of benzene rings is 1. The van der Waals surface area contributed by atoms with E-state index in [9.17, 15) is 24.3 Å². The van der Waals surface area contributed by atoms with Crippen LogP contribution in [0.5, 0.6) is 0 Å². The maximum atomic E-state index is 14.2. The van der Waals surface area contributed by atoms with E-state index in [1.54, 1.807) is 69.2 Å². The molecule has 13 nitrogen and oxygen atoms in total. The van der Waals surface area contributed by atoms with Gasteiger partial charge in [0.2, 0.25) is 23.6 Å². The van der Waals surface area contributed by atoms with Crippen LogP contribution < -0.4 is 16.4 Å². The summed E-state index contributed by atoms with van der Waals surface area (Å²) < 4.78 is 11.9. The van der Waals surface area contributed by atoms with Crippen LogP contribution >= 0.6 is 0 Å². The summed E-state index contributed by atoms with van der Waals surface area (Å²) in [6.45, 7) is 15.9. The summed E-state index contributed by atoms with van der Waals surface area (Å²) in [5.74, 6) is -1.65. The van der Waals surface area contributed by atoms with Gasteiger partial charge in [0.05, 0.1) is 54.8 Å². The second kappa shape index (κ2) is 21.0. The molecule has 13 heteroatoms. The van der Waals surface area contributed by atoms with E-state index in [0.717, 1.165) is 12.8 Å². The number of hydrogen-bond acceptors (Lipinski definition) is 9. The zero-order valence-corrected chi connectivity index (χ0v) is 34.6. The van der Waals surface area contributed by atoms with Gasteiger partial charge in [-0.05, 0) is 69.3 Å². The standard InChI is InChI=1S/C40H70N6O7/c1-14-25(6)35(45(11)40(51)33(23(2)3)43-39(50)34(24(4)5)44(9)10)31(52-12)22-32(47)46-21-15-16-30(46)37(53-13)26(7)38(49)42-27(8)36(48)28-17-19-29(41)20-18-28/h17-20,23-27,30-31,33-37,48H,14-16,21-22,41H2,1-13H3,(H,42,49)(H,43,50)/t25?,26-,27-,30+,31-,33+,34?,35?,36-,37-/m1/s1. The number of aliphatic hydroxyl groups excluding tert-OH is 1. The van der Waals surface area contributed by atoms with Gasteiger partial charge in [-0.3, -0.25) is 24.1 Å². The number of anilines is 1. The molecule has 0 saturated carbocycles. The molecule has 1 aromatic rings. The molecule has 1 aliphatic rings. The van der Waals surface area contributed by atoms with Gasteiger partial charge in [-0.2, -0.15) is 0 Å². The van der Waals surface area contributed by atoms with Crippen LogP contribution in [0, 0.1) is 23.7 Å². The third-order valence-electron chi connectivity index (χ3n) is 11.1. The van der Waals surface area contributed by atoms with Crippen molar-refractivity contribution in [3.05, 3.63) is 29.8 Å². The van der Waals surface area contributed by atoms with E-state index in [1.807, 2.05) is 60.5 Å². The number of ether oxygens (including phenoxy) is 2. The summed E-state index contributed by atoms with van der Waals surface area (Å²) in [5, 5.41) is 16.8. The highest BCUT2D eigenvalue weighted by Gasteiger charge is 2.43. The number of aliphatic hydroxyl groups is 1. The Hall–Kier alpha value is -3.26. The smallest absolute Gasteiger partial charge is 0.245 e.